The van der Waals surface area contributed by atoms with Gasteiger partial charge in [0.2, 0.25) is 0 Å². The van der Waals surface area contributed by atoms with Gasteiger partial charge >= 0.3 is 206 Å². The van der Waals surface area contributed by atoms with Crippen LogP contribution >= 0.6 is 0 Å². The average Bonchev–Trinajstić information content (AvgIpc) is 2.66. The molecule has 9 nitrogen and oxygen atoms in total. The Morgan fingerprint density at radius 2 is 1.67 bits per heavy atom. The van der Waals surface area contributed by atoms with Gasteiger partial charge in [0.1, 0.15) is 0 Å². The summed E-state index contributed by atoms with van der Waals surface area (Å²) in [6.07, 6.45) is -0.560. The number of ether oxygens (including phenoxy) is 2. The van der Waals surface area contributed by atoms with E-state index in [-0.39, 0.29) is 13.0 Å². The molecule has 2 N–H and O–H groups in total. The molecule has 1 amide bonds. The van der Waals surface area contributed by atoms with E-state index in [0.29, 0.717) is 5.71 Å². The quantitative estimate of drug-likeness (QED) is 0.305. The first-order valence-electron chi connectivity index (χ1n) is 10.6. The summed E-state index contributed by atoms with van der Waals surface area (Å²) in [5.41, 5.74) is -2.05. The number of esters is 1. The van der Waals surface area contributed by atoms with E-state index in [1.165, 1.54) is 6.92 Å². The van der Waals surface area contributed by atoms with Crippen LogP contribution in [-0.2, 0) is 19.1 Å². The monoisotopic (exact) mass is 574 g/mol. The van der Waals surface area contributed by atoms with Crippen LogP contribution in [0.4, 0.5) is 10.5 Å². The van der Waals surface area contributed by atoms with Crippen molar-refractivity contribution in [2.45, 2.75) is 72.1 Å². The molecule has 184 valence electrons. The van der Waals surface area contributed by atoms with Crippen LogP contribution in [0.1, 0.15) is 54.9 Å². The van der Waals surface area contributed by atoms with E-state index in [4.69, 9.17) is 9.47 Å². The van der Waals surface area contributed by atoms with Crippen molar-refractivity contribution in [3.05, 3.63) is 30.3 Å². The summed E-state index contributed by atoms with van der Waals surface area (Å²) in [7, 11) is 0. The number of carboxylic acid groups (broad SMARTS) is 1. The average molecular weight is 574 g/mol. The molecular formula is C23H33IN3O6-. The van der Waals surface area contributed by atoms with Gasteiger partial charge in [-0.15, -0.1) is 0 Å². The number of rotatable bonds is 5. The van der Waals surface area contributed by atoms with E-state index in [0.717, 1.165) is 10.6 Å². The molecule has 1 saturated heterocycles. The number of nitrogens with one attached hydrogen (secondary N) is 1. The number of halogens is 1. The third kappa shape index (κ3) is 7.05. The van der Waals surface area contributed by atoms with E-state index in [9.17, 15) is 19.5 Å². The Bertz CT molecular complexity index is 907. The molecule has 1 aliphatic heterocycles. The fourth-order valence-corrected chi connectivity index (χ4v) is 5.14. The fourth-order valence-electron chi connectivity index (χ4n) is 3.35. The van der Waals surface area contributed by atoms with Crippen LogP contribution in [0.2, 0.25) is 0 Å². The van der Waals surface area contributed by atoms with Crippen molar-refractivity contribution >= 4 is 29.4 Å². The number of carboxylic acids is 1. The summed E-state index contributed by atoms with van der Waals surface area (Å²) >= 11 is -0.988. The van der Waals surface area contributed by atoms with Gasteiger partial charge in [-0.2, -0.15) is 0 Å². The van der Waals surface area contributed by atoms with Gasteiger partial charge in [0.25, 0.3) is 0 Å². The van der Waals surface area contributed by atoms with Gasteiger partial charge in [0.05, 0.1) is 0 Å². The summed E-state index contributed by atoms with van der Waals surface area (Å²) in [6.45, 7) is 11.8. The van der Waals surface area contributed by atoms with E-state index >= 15 is 0 Å². The molecule has 1 unspecified atom stereocenters. The van der Waals surface area contributed by atoms with Gasteiger partial charge in [-0.3, -0.25) is 0 Å². The van der Waals surface area contributed by atoms with Gasteiger partial charge in [0.15, 0.2) is 0 Å². The van der Waals surface area contributed by atoms with Crippen LogP contribution in [0, 0.1) is 5.41 Å². The van der Waals surface area contributed by atoms with Crippen molar-refractivity contribution in [2.75, 3.05) is 10.1 Å². The van der Waals surface area contributed by atoms with Crippen molar-refractivity contribution in [3.8, 4) is 0 Å². The number of anilines is 1. The van der Waals surface area contributed by atoms with Crippen molar-refractivity contribution < 1.29 is 50.7 Å². The number of carbonyl (C=O) groups is 3. The van der Waals surface area contributed by atoms with Crippen LogP contribution < -0.4 is 25.3 Å². The molecule has 2 atom stereocenters. The van der Waals surface area contributed by atoms with Gasteiger partial charge in [0, 0.05) is 0 Å². The maximum atomic E-state index is 13.4. The topological polar surface area (TPSA) is 118 Å². The molecule has 0 aliphatic carbocycles. The van der Waals surface area contributed by atoms with E-state index in [2.05, 4.69) is 6.74 Å². The zero-order valence-electron chi connectivity index (χ0n) is 20.1. The number of benzene rings is 1. The molecule has 33 heavy (non-hydrogen) atoms. The number of hydrogen-bond acceptors (Lipinski definition) is 7. The van der Waals surface area contributed by atoms with Gasteiger partial charge in [-0.25, -0.2) is 0 Å². The Morgan fingerprint density at radius 3 is 2.18 bits per heavy atom. The van der Waals surface area contributed by atoms with Gasteiger partial charge in [-0.05, 0) is 0 Å². The molecule has 0 aromatic heterocycles. The van der Waals surface area contributed by atoms with E-state index in [1.54, 1.807) is 41.5 Å². The SMILES string of the molecule is CC(C)(C)OC(=O)N1CCC(=N[I-]Nc2ccccc2)C(C)(C(=O)OC(C)(C)C)[C@@H]1C(=O)O. The second-order valence-electron chi connectivity index (χ2n) is 9.94. The predicted octanol–water partition coefficient (Wildman–Crippen LogP) is 0.901. The molecular weight excluding hydrogens is 541 g/mol. The van der Waals surface area contributed by atoms with Gasteiger partial charge in [-0.1, -0.05) is 0 Å². The Morgan fingerprint density at radius 1 is 1.09 bits per heavy atom. The number of hydrogen-bond donors (Lipinski definition) is 2. The van der Waals surface area contributed by atoms with E-state index in [1.807, 2.05) is 30.3 Å². The van der Waals surface area contributed by atoms with Crippen LogP contribution in [0.5, 0.6) is 0 Å². The first-order valence-corrected chi connectivity index (χ1v) is 12.7. The van der Waals surface area contributed by atoms with Crippen LogP contribution in [0.3, 0.4) is 0 Å². The molecule has 1 aliphatic rings. The molecule has 2 rings (SSSR count). The molecule has 1 fully saturated rings. The van der Waals surface area contributed by atoms with Crippen LogP contribution in [0.25, 0.3) is 0 Å². The first-order chi connectivity index (χ1) is 15.1. The number of amides is 1. The summed E-state index contributed by atoms with van der Waals surface area (Å²) < 4.78 is 18.9. The molecule has 10 heteroatoms. The standard InChI is InChI=1S/C23H33IN3O6/c1-21(2,3)32-19(30)23(7)16(26-24-25-15-11-9-8-10-12-15)13-14-27(17(23)18(28)29)20(31)33-22(4,5)6/h8-12,17,25H,13-14H2,1-7H3,(H,28,29)/q-1/t17-,23?/m0/s1. The Hall–Kier alpha value is -2.37. The molecule has 0 radical (unpaired) electrons. The van der Waals surface area contributed by atoms with Crippen molar-refractivity contribution in [1.82, 2.24) is 4.90 Å². The number of para-hydroxylation sites is 1. The minimum atomic E-state index is -1.67. The fraction of sp³-hybridized carbons (Fsp3) is 0.565. The molecule has 0 saturated carbocycles. The Labute approximate surface area is 205 Å². The second kappa shape index (κ2) is 10.3. The number of likely N-dealkylation sites (tertiary alicyclic amines) is 1. The summed E-state index contributed by atoms with van der Waals surface area (Å²) in [5, 5.41) is 10.1. The normalized spacial score (nSPS) is 22.7. The Balaban J connectivity index is 2.45. The Kier molecular flexibility index (Phi) is 8.36. The maximum absolute atomic E-state index is 13.4. The molecule has 0 bridgehead atoms. The van der Waals surface area contributed by atoms with Gasteiger partial charge < -0.3 is 0 Å². The molecule has 1 aromatic carbocycles. The predicted molar refractivity (Wildman–Crippen MR) is 120 cm³/mol. The van der Waals surface area contributed by atoms with Crippen LogP contribution in [0.15, 0.2) is 33.5 Å². The molecule has 1 aromatic rings. The van der Waals surface area contributed by atoms with Crippen molar-refractivity contribution in [2.24, 2.45) is 8.62 Å². The zero-order chi connectivity index (χ0) is 25.0. The zero-order valence-corrected chi connectivity index (χ0v) is 22.3. The summed E-state index contributed by atoms with van der Waals surface area (Å²) in [5.74, 6) is -2.06. The van der Waals surface area contributed by atoms with Crippen LogP contribution in [-0.4, -0.2) is 57.5 Å². The number of nitrogens with zero attached hydrogens (tertiary/aromatic N) is 2. The summed E-state index contributed by atoms with van der Waals surface area (Å²) in [6, 6.07) is 7.97. The number of aliphatic carboxylic acids is 1. The van der Waals surface area contributed by atoms with Crippen molar-refractivity contribution in [1.29, 1.82) is 0 Å². The number of piperidine rings is 1. The van der Waals surface area contributed by atoms with Crippen molar-refractivity contribution in [3.63, 3.8) is 0 Å². The molecule has 0 spiro atoms. The van der Waals surface area contributed by atoms with E-state index < -0.39 is 62.4 Å². The second-order valence-corrected chi connectivity index (χ2v) is 11.4. The third-order valence-electron chi connectivity index (χ3n) is 4.80. The first kappa shape index (κ1) is 26.9. The summed E-state index contributed by atoms with van der Waals surface area (Å²) in [4.78, 5) is 39.8. The molecule has 1 heterocycles. The third-order valence-corrected chi connectivity index (χ3v) is 6.49. The number of carbonyl (C=O) groups excluding carboxylic acids is 2. The minimum absolute atomic E-state index is 0.0676.